The number of halogens is 3. The molecule has 0 saturated heterocycles. The smallest absolute Gasteiger partial charge is 0.242 e. The van der Waals surface area contributed by atoms with E-state index in [2.05, 4.69) is 53.3 Å². The number of nitrogens with one attached hydrogen (secondary N) is 2. The molecule has 7 nitrogen and oxygen atoms in total. The van der Waals surface area contributed by atoms with Crippen LogP contribution >= 0.6 is 22.9 Å². The fourth-order valence-corrected chi connectivity index (χ4v) is 4.32. The van der Waals surface area contributed by atoms with E-state index in [1.807, 2.05) is 12.3 Å². The van der Waals surface area contributed by atoms with E-state index >= 15 is 0 Å². The summed E-state index contributed by atoms with van der Waals surface area (Å²) in [7, 11) is 3.60. The van der Waals surface area contributed by atoms with Crippen LogP contribution in [0.15, 0.2) is 39.3 Å². The molecule has 2 amide bonds. The van der Waals surface area contributed by atoms with Crippen molar-refractivity contribution >= 4 is 41.0 Å². The zero-order chi connectivity index (χ0) is 29.4. The maximum absolute atomic E-state index is 14.0. The van der Waals surface area contributed by atoms with Crippen LogP contribution in [0.4, 0.5) is 8.78 Å². The van der Waals surface area contributed by atoms with Gasteiger partial charge < -0.3 is 15.5 Å². The van der Waals surface area contributed by atoms with Crippen molar-refractivity contribution in [2.45, 2.75) is 65.8 Å². The van der Waals surface area contributed by atoms with Crippen molar-refractivity contribution in [3.63, 3.8) is 0 Å². The number of allylic oxidation sites excluding steroid dienone is 1. The summed E-state index contributed by atoms with van der Waals surface area (Å²) in [6.45, 7) is 10.2. The summed E-state index contributed by atoms with van der Waals surface area (Å²) in [5.74, 6) is -1.58. The Kier molecular flexibility index (Phi) is 16.4. The van der Waals surface area contributed by atoms with E-state index in [0.717, 1.165) is 43.4 Å². The summed E-state index contributed by atoms with van der Waals surface area (Å²) < 4.78 is 27.2. The Hall–Kier alpha value is -2.69. The Labute approximate surface area is 239 Å². The molecule has 0 spiro atoms. The first-order valence-corrected chi connectivity index (χ1v) is 14.3. The van der Waals surface area contributed by atoms with Crippen LogP contribution in [0.5, 0.6) is 0 Å². The number of thiazole rings is 1. The highest BCUT2D eigenvalue weighted by Crippen LogP contribution is 2.28. The second-order valence-electron chi connectivity index (χ2n) is 9.10. The van der Waals surface area contributed by atoms with Gasteiger partial charge in [-0.15, -0.1) is 11.3 Å². The Morgan fingerprint density at radius 2 is 1.95 bits per heavy atom. The number of hydrogen-bond donors (Lipinski definition) is 2. The number of likely N-dealkylation sites (N-methyl/N-ethyl adjacent to an activating group) is 2. The third-order valence-corrected chi connectivity index (χ3v) is 6.52. The topological polar surface area (TPSA) is 86.7 Å². The van der Waals surface area contributed by atoms with Crippen molar-refractivity contribution in [3.05, 3.63) is 62.2 Å². The quantitative estimate of drug-likeness (QED) is 0.259. The first-order valence-electron chi connectivity index (χ1n) is 13.0. The summed E-state index contributed by atoms with van der Waals surface area (Å²) in [6, 6.07) is 1.60. The number of carbonyl (C=O) groups is 2. The number of benzene rings is 1. The first kappa shape index (κ1) is 34.3. The van der Waals surface area contributed by atoms with Gasteiger partial charge in [0.05, 0.1) is 21.9 Å². The molecule has 216 valence electrons. The van der Waals surface area contributed by atoms with Gasteiger partial charge in [-0.05, 0) is 38.6 Å². The maximum Gasteiger partial charge on any atom is 0.242 e. The van der Waals surface area contributed by atoms with Crippen molar-refractivity contribution < 1.29 is 18.4 Å². The third kappa shape index (κ3) is 11.9. The van der Waals surface area contributed by atoms with Gasteiger partial charge in [0.1, 0.15) is 17.7 Å². The van der Waals surface area contributed by atoms with Gasteiger partial charge in [-0.25, -0.2) is 13.8 Å². The average molecular weight is 584 g/mol. The number of unbranched alkanes of at least 4 members (excludes halogenated alkanes) is 1. The Balaban J connectivity index is 0.000000384. The van der Waals surface area contributed by atoms with Crippen LogP contribution in [-0.4, -0.2) is 61.1 Å². The fourth-order valence-electron chi connectivity index (χ4n) is 3.58. The van der Waals surface area contributed by atoms with Crippen LogP contribution in [0.2, 0.25) is 5.02 Å². The van der Waals surface area contributed by atoms with E-state index in [1.165, 1.54) is 36.4 Å². The van der Waals surface area contributed by atoms with Crippen LogP contribution in [0, 0.1) is 11.6 Å². The van der Waals surface area contributed by atoms with Gasteiger partial charge in [0, 0.05) is 49.1 Å². The van der Waals surface area contributed by atoms with Crippen LogP contribution in [0.1, 0.15) is 64.6 Å². The molecule has 1 aliphatic rings. The molecule has 1 aliphatic heterocycles. The standard InChI is InChI=1S/C17H21ClF2N2.C8H11N3O2S.C3H8/c1-4-5-6-22(3)10-12-7-17(21-11(12)2)13-8-14(18)16(20)9-15(13)19;1-9-8(13)7(10-4-12)2-6-3-14-5-11-6;1-3-2/h8-9H,4-7,10H2,1-3H3;3-5,7H,2H2,1H3,(H,9,13)(H,10,12);3H2,1-2H3. The van der Waals surface area contributed by atoms with Crippen LogP contribution in [0.25, 0.3) is 0 Å². The van der Waals surface area contributed by atoms with Crippen molar-refractivity contribution in [2.24, 2.45) is 4.99 Å². The van der Waals surface area contributed by atoms with E-state index in [1.54, 1.807) is 5.51 Å². The normalized spacial score (nSPS) is 13.1. The van der Waals surface area contributed by atoms with E-state index < -0.39 is 17.7 Å². The lowest BCUT2D eigenvalue weighted by molar-refractivity contribution is -0.124. The number of aliphatic imine (C=N–C) groups is 1. The molecule has 11 heteroatoms. The van der Waals surface area contributed by atoms with Gasteiger partial charge in [-0.2, -0.15) is 0 Å². The summed E-state index contributed by atoms with van der Waals surface area (Å²) >= 11 is 7.22. The maximum atomic E-state index is 14.0. The zero-order valence-corrected chi connectivity index (χ0v) is 25.2. The predicted molar refractivity (Wildman–Crippen MR) is 156 cm³/mol. The highest BCUT2D eigenvalue weighted by molar-refractivity contribution is 7.07. The van der Waals surface area contributed by atoms with Crippen LogP contribution in [0.3, 0.4) is 0 Å². The molecule has 2 aromatic rings. The zero-order valence-electron chi connectivity index (χ0n) is 23.6. The minimum Gasteiger partial charge on any atom is -0.357 e. The number of amides is 2. The van der Waals surface area contributed by atoms with Crippen molar-refractivity contribution in [2.75, 3.05) is 27.2 Å². The SMILES string of the molecule is CCC.CCCCN(C)CC1=C(C)N=C(c2cc(Cl)c(F)cc2F)C1.CNC(=O)C(Cc1cscn1)NC=O. The molecule has 1 atom stereocenters. The third-order valence-electron chi connectivity index (χ3n) is 5.60. The number of rotatable bonds is 11. The molecule has 1 unspecified atom stereocenters. The second-order valence-corrected chi connectivity index (χ2v) is 10.2. The molecule has 0 bridgehead atoms. The molecule has 0 fully saturated rings. The molecule has 0 radical (unpaired) electrons. The van der Waals surface area contributed by atoms with Crippen LogP contribution < -0.4 is 10.6 Å². The van der Waals surface area contributed by atoms with E-state index in [4.69, 9.17) is 11.6 Å². The Morgan fingerprint density at radius 3 is 2.51 bits per heavy atom. The largest absolute Gasteiger partial charge is 0.357 e. The van der Waals surface area contributed by atoms with E-state index in [-0.39, 0.29) is 16.5 Å². The van der Waals surface area contributed by atoms with Gasteiger partial charge in [0.2, 0.25) is 12.3 Å². The second kappa shape index (κ2) is 18.6. The summed E-state index contributed by atoms with van der Waals surface area (Å²) in [5, 5.41) is 6.69. The Bertz CT molecular complexity index is 1110. The lowest BCUT2D eigenvalue weighted by Gasteiger charge is -2.17. The van der Waals surface area contributed by atoms with Gasteiger partial charge in [0.15, 0.2) is 0 Å². The molecule has 1 aromatic heterocycles. The average Bonchev–Trinajstić information content (AvgIpc) is 3.54. The number of hydrogen-bond acceptors (Lipinski definition) is 6. The van der Waals surface area contributed by atoms with Crippen molar-refractivity contribution in [1.29, 1.82) is 0 Å². The summed E-state index contributed by atoms with van der Waals surface area (Å²) in [5.41, 5.74) is 5.49. The minimum absolute atomic E-state index is 0.0785. The molecule has 3 rings (SSSR count). The lowest BCUT2D eigenvalue weighted by Crippen LogP contribution is -2.43. The van der Waals surface area contributed by atoms with Crippen molar-refractivity contribution in [1.82, 2.24) is 20.5 Å². The summed E-state index contributed by atoms with van der Waals surface area (Å²) in [6.07, 6.45) is 5.08. The monoisotopic (exact) mass is 583 g/mol. The number of aromatic nitrogens is 1. The molecular formula is C28H40ClF2N5O2S. The Morgan fingerprint density at radius 1 is 1.26 bits per heavy atom. The number of nitrogens with zero attached hydrogens (tertiary/aromatic N) is 3. The highest BCUT2D eigenvalue weighted by Gasteiger charge is 2.21. The molecule has 1 aromatic carbocycles. The molecule has 2 N–H and O–H groups in total. The van der Waals surface area contributed by atoms with E-state index in [9.17, 15) is 18.4 Å². The van der Waals surface area contributed by atoms with Gasteiger partial charge >= 0.3 is 0 Å². The van der Waals surface area contributed by atoms with Crippen LogP contribution in [-0.2, 0) is 16.0 Å². The molecular weight excluding hydrogens is 544 g/mol. The summed E-state index contributed by atoms with van der Waals surface area (Å²) in [4.78, 5) is 32.3. The van der Waals surface area contributed by atoms with Gasteiger partial charge in [-0.3, -0.25) is 14.6 Å². The molecule has 2 heterocycles. The lowest BCUT2D eigenvalue weighted by atomic mass is 10.0. The molecule has 39 heavy (non-hydrogen) atoms. The predicted octanol–water partition coefficient (Wildman–Crippen LogP) is 5.78. The highest BCUT2D eigenvalue weighted by atomic mass is 35.5. The minimum atomic E-state index is -0.745. The van der Waals surface area contributed by atoms with Gasteiger partial charge in [-0.1, -0.05) is 45.2 Å². The molecule has 0 saturated carbocycles. The van der Waals surface area contributed by atoms with Gasteiger partial charge in [0.25, 0.3) is 0 Å². The number of carbonyl (C=O) groups excluding carboxylic acids is 2. The fraction of sp³-hybridized carbons (Fsp3) is 0.500. The first-order chi connectivity index (χ1) is 18.6. The van der Waals surface area contributed by atoms with E-state index in [0.29, 0.717) is 25.0 Å². The van der Waals surface area contributed by atoms with Crippen molar-refractivity contribution in [3.8, 4) is 0 Å². The molecule has 0 aliphatic carbocycles.